The van der Waals surface area contributed by atoms with Gasteiger partial charge in [-0.2, -0.15) is 0 Å². The average Bonchev–Trinajstić information content (AvgIpc) is 2.78. The van der Waals surface area contributed by atoms with E-state index in [1.807, 2.05) is 0 Å². The molecule has 0 atom stereocenters. The highest BCUT2D eigenvalue weighted by Gasteiger charge is 2.12. The molecule has 2 rings (SSSR count). The molecule has 96 valence electrons. The summed E-state index contributed by atoms with van der Waals surface area (Å²) in [5, 5.41) is 11.1. The van der Waals surface area contributed by atoms with Crippen molar-refractivity contribution in [1.82, 2.24) is 15.5 Å². The van der Waals surface area contributed by atoms with E-state index in [-0.39, 0.29) is 11.5 Å². The maximum absolute atomic E-state index is 13.6. The lowest BCUT2D eigenvalue weighted by molar-refractivity contribution is 0.475. The quantitative estimate of drug-likeness (QED) is 0.848. The number of nitrogens with zero attached hydrogens (tertiary/aromatic N) is 2. The molecule has 0 saturated carbocycles. The van der Waals surface area contributed by atoms with Gasteiger partial charge in [0.15, 0.2) is 0 Å². The van der Waals surface area contributed by atoms with Gasteiger partial charge in [-0.15, -0.1) is 10.2 Å². The zero-order valence-electron chi connectivity index (χ0n) is 9.91. The van der Waals surface area contributed by atoms with Crippen LogP contribution in [-0.2, 0) is 6.54 Å². The zero-order valence-corrected chi connectivity index (χ0v) is 10.7. The van der Waals surface area contributed by atoms with Crippen LogP contribution in [0.2, 0.25) is 5.02 Å². The number of aromatic nitrogens is 2. The molecule has 2 aromatic rings. The second kappa shape index (κ2) is 5.93. The van der Waals surface area contributed by atoms with Crippen LogP contribution in [-0.4, -0.2) is 16.7 Å². The molecule has 0 spiro atoms. The van der Waals surface area contributed by atoms with Gasteiger partial charge in [-0.05, 0) is 31.2 Å². The van der Waals surface area contributed by atoms with Crippen molar-refractivity contribution in [3.8, 4) is 11.5 Å². The Morgan fingerprint density at radius 1 is 1.39 bits per heavy atom. The lowest BCUT2D eigenvalue weighted by Crippen LogP contribution is -2.13. The second-order valence-electron chi connectivity index (χ2n) is 3.80. The van der Waals surface area contributed by atoms with Crippen molar-refractivity contribution in [2.75, 3.05) is 6.54 Å². The normalized spacial score (nSPS) is 10.8. The lowest BCUT2D eigenvalue weighted by Gasteiger charge is -1.98. The van der Waals surface area contributed by atoms with Crippen molar-refractivity contribution >= 4 is 11.6 Å². The summed E-state index contributed by atoms with van der Waals surface area (Å²) in [6, 6.07) is 4.32. The molecule has 0 aliphatic carbocycles. The monoisotopic (exact) mass is 269 g/mol. The van der Waals surface area contributed by atoms with Crippen LogP contribution in [0, 0.1) is 5.82 Å². The molecule has 1 aromatic carbocycles. The standard InChI is InChI=1S/C12H13ClFN3O/c1-2-5-15-7-11-16-17-12(18-11)9-4-3-8(13)6-10(9)14/h3-4,6,15H,2,5,7H2,1H3. The highest BCUT2D eigenvalue weighted by atomic mass is 35.5. The van der Waals surface area contributed by atoms with Crippen LogP contribution >= 0.6 is 11.6 Å². The Labute approximate surface area is 109 Å². The molecule has 0 aliphatic rings. The molecule has 18 heavy (non-hydrogen) atoms. The highest BCUT2D eigenvalue weighted by molar-refractivity contribution is 6.30. The molecule has 0 amide bonds. The van der Waals surface area contributed by atoms with Gasteiger partial charge in [-0.3, -0.25) is 0 Å². The summed E-state index contributed by atoms with van der Waals surface area (Å²) in [6.07, 6.45) is 1.02. The van der Waals surface area contributed by atoms with E-state index in [0.29, 0.717) is 17.5 Å². The smallest absolute Gasteiger partial charge is 0.250 e. The van der Waals surface area contributed by atoms with E-state index < -0.39 is 5.82 Å². The first-order valence-corrected chi connectivity index (χ1v) is 6.07. The van der Waals surface area contributed by atoms with Gasteiger partial charge in [0.25, 0.3) is 5.89 Å². The molecule has 0 fully saturated rings. The summed E-state index contributed by atoms with van der Waals surface area (Å²) in [7, 11) is 0. The molecular formula is C12H13ClFN3O. The number of hydrogen-bond acceptors (Lipinski definition) is 4. The minimum absolute atomic E-state index is 0.164. The number of rotatable bonds is 5. The van der Waals surface area contributed by atoms with Gasteiger partial charge in [0.2, 0.25) is 5.89 Å². The third-order valence-electron chi connectivity index (χ3n) is 2.33. The van der Waals surface area contributed by atoms with Crippen molar-refractivity contribution in [2.24, 2.45) is 0 Å². The van der Waals surface area contributed by atoms with Crippen LogP contribution < -0.4 is 5.32 Å². The summed E-state index contributed by atoms with van der Waals surface area (Å²) in [6.45, 7) is 3.42. The summed E-state index contributed by atoms with van der Waals surface area (Å²) in [4.78, 5) is 0. The largest absolute Gasteiger partial charge is 0.419 e. The third kappa shape index (κ3) is 3.05. The summed E-state index contributed by atoms with van der Waals surface area (Å²) < 4.78 is 19.0. The zero-order chi connectivity index (χ0) is 13.0. The fourth-order valence-electron chi connectivity index (χ4n) is 1.47. The fraction of sp³-hybridized carbons (Fsp3) is 0.333. The molecule has 6 heteroatoms. The molecule has 1 aromatic heterocycles. The molecule has 1 heterocycles. The topological polar surface area (TPSA) is 51.0 Å². The van der Waals surface area contributed by atoms with E-state index in [1.165, 1.54) is 12.1 Å². The van der Waals surface area contributed by atoms with E-state index >= 15 is 0 Å². The number of benzene rings is 1. The van der Waals surface area contributed by atoms with Gasteiger partial charge >= 0.3 is 0 Å². The second-order valence-corrected chi connectivity index (χ2v) is 4.24. The van der Waals surface area contributed by atoms with E-state index in [1.54, 1.807) is 6.07 Å². The first-order chi connectivity index (χ1) is 8.70. The van der Waals surface area contributed by atoms with Gasteiger partial charge in [0.1, 0.15) is 5.82 Å². The fourth-order valence-corrected chi connectivity index (χ4v) is 1.63. The molecule has 0 aliphatic heterocycles. The minimum atomic E-state index is -0.473. The van der Waals surface area contributed by atoms with Crippen molar-refractivity contribution in [1.29, 1.82) is 0 Å². The molecule has 4 nitrogen and oxygen atoms in total. The Hall–Kier alpha value is -1.46. The van der Waals surface area contributed by atoms with Gasteiger partial charge in [0.05, 0.1) is 12.1 Å². The summed E-state index contributed by atoms with van der Waals surface area (Å²) in [5.41, 5.74) is 0.258. The summed E-state index contributed by atoms with van der Waals surface area (Å²) in [5.74, 6) is 0.129. The van der Waals surface area contributed by atoms with Crippen molar-refractivity contribution in [3.63, 3.8) is 0 Å². The Bertz CT molecular complexity index is 530. The van der Waals surface area contributed by atoms with Crippen LogP contribution in [0.25, 0.3) is 11.5 Å². The van der Waals surface area contributed by atoms with Crippen molar-refractivity contribution in [2.45, 2.75) is 19.9 Å². The average molecular weight is 270 g/mol. The SMILES string of the molecule is CCCNCc1nnc(-c2ccc(Cl)cc2F)o1. The van der Waals surface area contributed by atoms with Gasteiger partial charge in [-0.1, -0.05) is 18.5 Å². The van der Waals surface area contributed by atoms with Crippen molar-refractivity contribution < 1.29 is 8.81 Å². The Kier molecular flexibility index (Phi) is 4.28. The Balaban J connectivity index is 2.13. The summed E-state index contributed by atoms with van der Waals surface area (Å²) >= 11 is 5.68. The third-order valence-corrected chi connectivity index (χ3v) is 2.57. The molecule has 0 unspecified atom stereocenters. The predicted molar refractivity (Wildman–Crippen MR) is 66.7 cm³/mol. The lowest BCUT2D eigenvalue weighted by atomic mass is 10.2. The maximum atomic E-state index is 13.6. The molecule has 0 saturated heterocycles. The van der Waals surface area contributed by atoms with Crippen LogP contribution in [0.1, 0.15) is 19.2 Å². The van der Waals surface area contributed by atoms with Crippen LogP contribution in [0.3, 0.4) is 0 Å². The van der Waals surface area contributed by atoms with Crippen LogP contribution in [0.5, 0.6) is 0 Å². The molecule has 0 radical (unpaired) electrons. The van der Waals surface area contributed by atoms with Crippen LogP contribution in [0.4, 0.5) is 4.39 Å². The Morgan fingerprint density at radius 3 is 2.94 bits per heavy atom. The first-order valence-electron chi connectivity index (χ1n) is 5.69. The van der Waals surface area contributed by atoms with E-state index in [4.69, 9.17) is 16.0 Å². The molecular weight excluding hydrogens is 257 g/mol. The predicted octanol–water partition coefficient (Wildman–Crippen LogP) is 3.03. The van der Waals surface area contributed by atoms with E-state index in [9.17, 15) is 4.39 Å². The minimum Gasteiger partial charge on any atom is -0.419 e. The van der Waals surface area contributed by atoms with E-state index in [0.717, 1.165) is 13.0 Å². The van der Waals surface area contributed by atoms with Crippen LogP contribution in [0.15, 0.2) is 22.6 Å². The van der Waals surface area contributed by atoms with E-state index in [2.05, 4.69) is 22.4 Å². The molecule has 0 bridgehead atoms. The number of hydrogen-bond donors (Lipinski definition) is 1. The van der Waals surface area contributed by atoms with Gasteiger partial charge in [0, 0.05) is 5.02 Å². The first kappa shape index (κ1) is 13.0. The molecule has 1 N–H and O–H groups in total. The van der Waals surface area contributed by atoms with Gasteiger partial charge in [-0.25, -0.2) is 4.39 Å². The van der Waals surface area contributed by atoms with Gasteiger partial charge < -0.3 is 9.73 Å². The highest BCUT2D eigenvalue weighted by Crippen LogP contribution is 2.24. The van der Waals surface area contributed by atoms with Crippen molar-refractivity contribution in [3.05, 3.63) is 34.9 Å². The Morgan fingerprint density at radius 2 is 2.22 bits per heavy atom. The number of halogens is 2. The number of nitrogens with one attached hydrogen (secondary N) is 1. The maximum Gasteiger partial charge on any atom is 0.250 e.